The van der Waals surface area contributed by atoms with Crippen LogP contribution >= 0.6 is 11.3 Å². The van der Waals surface area contributed by atoms with Crippen molar-refractivity contribution in [2.75, 3.05) is 47.0 Å². The molecule has 4 heterocycles. The number of nitrogens with two attached hydrogens (primary N) is 1. The molecule has 0 amide bonds. The van der Waals surface area contributed by atoms with Crippen LogP contribution in [-0.4, -0.2) is 54.7 Å². The number of benzene rings is 2. The molecular formula is C28H24F2N8O3S2. The monoisotopic (exact) mass is 622 g/mol. The van der Waals surface area contributed by atoms with Crippen molar-refractivity contribution in [3.05, 3.63) is 84.7 Å². The Hall–Kier alpha value is -4.73. The van der Waals surface area contributed by atoms with Crippen LogP contribution in [0.5, 0.6) is 0 Å². The van der Waals surface area contributed by atoms with Crippen LogP contribution in [0.2, 0.25) is 0 Å². The summed E-state index contributed by atoms with van der Waals surface area (Å²) >= 11 is 1.20. The summed E-state index contributed by atoms with van der Waals surface area (Å²) in [5.41, 5.74) is 8.33. The van der Waals surface area contributed by atoms with Crippen molar-refractivity contribution < 1.29 is 21.9 Å². The highest BCUT2D eigenvalue weighted by molar-refractivity contribution is 7.92. The average Bonchev–Trinajstić information content (AvgIpc) is 3.39. The number of hydrogen-bond donors (Lipinski definition) is 3. The number of morpholine rings is 1. The second-order valence-corrected chi connectivity index (χ2v) is 12.0. The molecule has 1 aliphatic heterocycles. The van der Waals surface area contributed by atoms with Crippen LogP contribution in [-0.2, 0) is 14.8 Å². The molecule has 4 N–H and O–H groups in total. The lowest BCUT2D eigenvalue weighted by Crippen LogP contribution is -2.36. The van der Waals surface area contributed by atoms with Crippen LogP contribution in [0, 0.1) is 11.6 Å². The van der Waals surface area contributed by atoms with Crippen LogP contribution in [0.3, 0.4) is 0 Å². The van der Waals surface area contributed by atoms with E-state index in [1.165, 1.54) is 23.5 Å². The van der Waals surface area contributed by atoms with Gasteiger partial charge in [-0.05, 0) is 42.5 Å². The number of pyridine rings is 1. The van der Waals surface area contributed by atoms with Gasteiger partial charge in [-0.3, -0.25) is 4.72 Å². The molecule has 0 bridgehead atoms. The first-order valence-corrected chi connectivity index (χ1v) is 15.3. The largest absolute Gasteiger partial charge is 0.378 e. The molecule has 6 rings (SSSR count). The Morgan fingerprint density at radius 1 is 0.930 bits per heavy atom. The normalized spacial score (nSPS) is 13.6. The number of nitrogens with zero attached hydrogens (tertiary/aromatic N) is 5. The fourth-order valence-electron chi connectivity index (χ4n) is 4.50. The first kappa shape index (κ1) is 28.4. The minimum Gasteiger partial charge on any atom is -0.378 e. The third-order valence-electron chi connectivity index (χ3n) is 6.45. The number of halogens is 2. The highest BCUT2D eigenvalue weighted by Crippen LogP contribution is 2.38. The van der Waals surface area contributed by atoms with E-state index in [-0.39, 0.29) is 10.8 Å². The molecule has 0 aliphatic carbocycles. The highest BCUT2D eigenvalue weighted by Gasteiger charge is 2.24. The molecule has 1 saturated heterocycles. The van der Waals surface area contributed by atoms with Gasteiger partial charge in [-0.2, -0.15) is 0 Å². The number of anilines is 5. The van der Waals surface area contributed by atoms with Crippen LogP contribution < -0.4 is 20.7 Å². The summed E-state index contributed by atoms with van der Waals surface area (Å²) in [4.78, 5) is 19.6. The summed E-state index contributed by atoms with van der Waals surface area (Å²) in [7, 11) is -4.56. The summed E-state index contributed by atoms with van der Waals surface area (Å²) in [5, 5.41) is 3.42. The van der Waals surface area contributed by atoms with Crippen molar-refractivity contribution in [2.24, 2.45) is 0 Å². The second-order valence-electron chi connectivity index (χ2n) is 9.36. The summed E-state index contributed by atoms with van der Waals surface area (Å²) < 4.78 is 61.6. The van der Waals surface area contributed by atoms with Crippen molar-refractivity contribution >= 4 is 49.6 Å². The molecule has 220 valence electrons. The minimum absolute atomic E-state index is 0.0794. The number of ether oxygens (including phenoxy) is 1. The summed E-state index contributed by atoms with van der Waals surface area (Å²) in [6.07, 6.45) is 3.30. The number of nitrogen functional groups attached to an aromatic ring is 1. The lowest BCUT2D eigenvalue weighted by atomic mass is 10.1. The van der Waals surface area contributed by atoms with Gasteiger partial charge in [0.25, 0.3) is 10.0 Å². The summed E-state index contributed by atoms with van der Waals surface area (Å²) in [5.74, 6) is -1.22. The molecule has 0 atom stereocenters. The van der Waals surface area contributed by atoms with E-state index in [4.69, 9.17) is 10.5 Å². The first-order valence-electron chi connectivity index (χ1n) is 13.0. The van der Waals surface area contributed by atoms with E-state index in [1.54, 1.807) is 30.6 Å². The quantitative estimate of drug-likeness (QED) is 0.218. The molecule has 5 aromatic rings. The van der Waals surface area contributed by atoms with Gasteiger partial charge in [-0.15, -0.1) is 0 Å². The Morgan fingerprint density at radius 2 is 1.70 bits per heavy atom. The van der Waals surface area contributed by atoms with Crippen LogP contribution in [0.4, 0.5) is 37.1 Å². The SMILES string of the molecule is Nc1nc(-c2cccc(NS(=O)(=O)c3c(F)cccc3F)c2)c(-c2ccnc(Nc3ccc(N4CCOCC4)nc3)n2)s1. The van der Waals surface area contributed by atoms with E-state index >= 15 is 0 Å². The van der Waals surface area contributed by atoms with Gasteiger partial charge in [0.05, 0.1) is 41.4 Å². The number of sulfonamides is 1. The molecule has 11 nitrogen and oxygen atoms in total. The molecule has 2 aromatic carbocycles. The average molecular weight is 623 g/mol. The van der Waals surface area contributed by atoms with Gasteiger partial charge in [-0.25, -0.2) is 37.1 Å². The van der Waals surface area contributed by atoms with Gasteiger partial charge >= 0.3 is 0 Å². The number of aromatic nitrogens is 4. The third kappa shape index (κ3) is 6.23. The predicted octanol–water partition coefficient (Wildman–Crippen LogP) is 4.90. The molecule has 0 radical (unpaired) electrons. The molecule has 15 heteroatoms. The molecule has 0 unspecified atom stereocenters. The van der Waals surface area contributed by atoms with E-state index in [0.29, 0.717) is 46.7 Å². The number of hydrogen-bond acceptors (Lipinski definition) is 11. The van der Waals surface area contributed by atoms with Crippen molar-refractivity contribution in [1.29, 1.82) is 0 Å². The zero-order valence-electron chi connectivity index (χ0n) is 22.4. The molecule has 3 aromatic heterocycles. The highest BCUT2D eigenvalue weighted by atomic mass is 32.2. The Labute approximate surface area is 249 Å². The lowest BCUT2D eigenvalue weighted by molar-refractivity contribution is 0.122. The standard InChI is InChI=1S/C28H24F2N8O3S2/c29-20-5-2-6-21(30)26(20)43(39,40)37-18-4-1-3-17(15-18)24-25(42-27(31)36-24)22-9-10-32-28(35-22)34-19-7-8-23(33-16-19)38-11-13-41-14-12-38/h1-10,15-16,37H,11-14H2,(H2,31,36)(H,32,34,35). The molecule has 43 heavy (non-hydrogen) atoms. The fourth-order valence-corrected chi connectivity index (χ4v) is 6.51. The van der Waals surface area contributed by atoms with Crippen molar-refractivity contribution in [2.45, 2.75) is 4.90 Å². The predicted molar refractivity (Wildman–Crippen MR) is 161 cm³/mol. The lowest BCUT2D eigenvalue weighted by Gasteiger charge is -2.27. The maximum absolute atomic E-state index is 14.2. The fraction of sp³-hybridized carbons (Fsp3) is 0.143. The Balaban J connectivity index is 1.25. The topological polar surface area (TPSA) is 148 Å². The van der Waals surface area contributed by atoms with Gasteiger partial charge < -0.3 is 20.7 Å². The van der Waals surface area contributed by atoms with Crippen LogP contribution in [0.25, 0.3) is 21.8 Å². The Kier molecular flexibility index (Phi) is 7.84. The Bertz CT molecular complexity index is 1860. The number of rotatable bonds is 8. The van der Waals surface area contributed by atoms with Crippen LogP contribution in [0.1, 0.15) is 0 Å². The second kappa shape index (κ2) is 11.9. The maximum Gasteiger partial charge on any atom is 0.267 e. The van der Waals surface area contributed by atoms with Crippen LogP contribution in [0.15, 0.2) is 78.0 Å². The van der Waals surface area contributed by atoms with Gasteiger partial charge in [-0.1, -0.05) is 29.5 Å². The summed E-state index contributed by atoms with van der Waals surface area (Å²) in [6.45, 7) is 2.90. The first-order chi connectivity index (χ1) is 20.8. The van der Waals surface area contributed by atoms with Gasteiger partial charge in [0.1, 0.15) is 17.5 Å². The number of thiazole rings is 1. The molecule has 1 fully saturated rings. The minimum atomic E-state index is -4.56. The van der Waals surface area contributed by atoms with Crippen molar-refractivity contribution in [3.8, 4) is 21.8 Å². The van der Waals surface area contributed by atoms with E-state index in [1.807, 2.05) is 12.1 Å². The molecule has 0 saturated carbocycles. The zero-order valence-corrected chi connectivity index (χ0v) is 24.0. The van der Waals surface area contributed by atoms with Crippen molar-refractivity contribution in [3.63, 3.8) is 0 Å². The van der Waals surface area contributed by atoms with Gasteiger partial charge in [0, 0.05) is 30.5 Å². The zero-order chi connectivity index (χ0) is 30.0. The van der Waals surface area contributed by atoms with E-state index in [0.717, 1.165) is 37.1 Å². The number of nitrogens with one attached hydrogen (secondary N) is 2. The van der Waals surface area contributed by atoms with E-state index in [2.05, 4.69) is 34.9 Å². The van der Waals surface area contributed by atoms with Gasteiger partial charge in [0.15, 0.2) is 10.0 Å². The van der Waals surface area contributed by atoms with Gasteiger partial charge in [0.2, 0.25) is 5.95 Å². The maximum atomic E-state index is 14.2. The molecule has 0 spiro atoms. The Morgan fingerprint density at radius 3 is 2.44 bits per heavy atom. The van der Waals surface area contributed by atoms with E-state index in [9.17, 15) is 17.2 Å². The third-order valence-corrected chi connectivity index (χ3v) is 8.79. The van der Waals surface area contributed by atoms with E-state index < -0.39 is 26.6 Å². The summed E-state index contributed by atoms with van der Waals surface area (Å²) in [6, 6.07) is 14.6. The molecule has 1 aliphatic rings. The smallest absolute Gasteiger partial charge is 0.267 e. The van der Waals surface area contributed by atoms with Crippen molar-refractivity contribution in [1.82, 2.24) is 19.9 Å². The molecular weight excluding hydrogens is 598 g/mol.